The molecule has 31 heavy (non-hydrogen) atoms. The van der Waals surface area contributed by atoms with Gasteiger partial charge in [-0.2, -0.15) is 0 Å². The van der Waals surface area contributed by atoms with E-state index in [1.807, 2.05) is 18.7 Å². The number of allylic oxidation sites excluding steroid dienone is 2. The number of carboxylic acid groups (broad SMARTS) is 1. The van der Waals surface area contributed by atoms with Crippen LogP contribution in [0.3, 0.4) is 0 Å². The van der Waals surface area contributed by atoms with Gasteiger partial charge in [-0.1, -0.05) is 11.1 Å². The molecule has 7 heteroatoms. The molecule has 1 aromatic heterocycles. The van der Waals surface area contributed by atoms with Crippen LogP contribution >= 0.6 is 11.3 Å². The third-order valence-electron chi connectivity index (χ3n) is 7.19. The third kappa shape index (κ3) is 4.43. The van der Waals surface area contributed by atoms with Crippen molar-refractivity contribution in [2.24, 2.45) is 11.8 Å². The Balaban J connectivity index is 1.63. The van der Waals surface area contributed by atoms with Gasteiger partial charge in [-0.05, 0) is 77.2 Å². The van der Waals surface area contributed by atoms with E-state index >= 15 is 0 Å². The number of carboxylic acids is 1. The summed E-state index contributed by atoms with van der Waals surface area (Å²) < 4.78 is 0. The fraction of sp³-hybridized carbons (Fsp3) is 0.625. The Kier molecular flexibility index (Phi) is 6.51. The zero-order valence-electron chi connectivity index (χ0n) is 18.5. The number of fused-ring (bicyclic) bond motifs is 1. The molecule has 2 amide bonds. The number of piperidine rings is 1. The topological polar surface area (TPSA) is 86.7 Å². The molecule has 6 nitrogen and oxygen atoms in total. The number of thiophene rings is 1. The van der Waals surface area contributed by atoms with E-state index in [2.05, 4.69) is 5.32 Å². The SMILES string of the molecule is CC1=C(C)C[C@@H](C(=O)Nc2sc3c(c2C(=O)N2CCCCC2)CCCC3)[C@@H](C(=O)O)C1. The Hall–Kier alpha value is -2.15. The molecule has 2 aliphatic carbocycles. The molecule has 0 radical (unpaired) electrons. The van der Waals surface area contributed by atoms with Crippen molar-refractivity contribution in [2.75, 3.05) is 18.4 Å². The first-order chi connectivity index (χ1) is 14.9. The van der Waals surface area contributed by atoms with Gasteiger partial charge in [0.05, 0.1) is 17.4 Å². The lowest BCUT2D eigenvalue weighted by atomic mass is 9.76. The molecule has 4 rings (SSSR count). The van der Waals surface area contributed by atoms with E-state index in [1.165, 1.54) is 16.2 Å². The summed E-state index contributed by atoms with van der Waals surface area (Å²) in [6.07, 6.45) is 8.03. The maximum atomic E-state index is 13.5. The van der Waals surface area contributed by atoms with Gasteiger partial charge in [-0.25, -0.2) is 0 Å². The van der Waals surface area contributed by atoms with Crippen LogP contribution in [0.15, 0.2) is 11.1 Å². The number of nitrogens with zero attached hydrogens (tertiary/aromatic N) is 1. The number of aryl methyl sites for hydroxylation is 1. The van der Waals surface area contributed by atoms with Crippen molar-refractivity contribution in [1.82, 2.24) is 4.90 Å². The second-order valence-electron chi connectivity index (χ2n) is 9.28. The fourth-order valence-electron chi connectivity index (χ4n) is 5.17. The highest BCUT2D eigenvalue weighted by atomic mass is 32.1. The summed E-state index contributed by atoms with van der Waals surface area (Å²) in [6, 6.07) is 0. The van der Waals surface area contributed by atoms with Crippen LogP contribution in [0.4, 0.5) is 5.00 Å². The quantitative estimate of drug-likeness (QED) is 0.663. The van der Waals surface area contributed by atoms with Gasteiger partial charge in [-0.15, -0.1) is 11.3 Å². The minimum Gasteiger partial charge on any atom is -0.481 e. The summed E-state index contributed by atoms with van der Waals surface area (Å²) >= 11 is 1.52. The van der Waals surface area contributed by atoms with Crippen molar-refractivity contribution in [3.05, 3.63) is 27.2 Å². The van der Waals surface area contributed by atoms with Gasteiger partial charge in [0.15, 0.2) is 0 Å². The zero-order chi connectivity index (χ0) is 22.1. The molecule has 0 bridgehead atoms. The third-order valence-corrected chi connectivity index (χ3v) is 8.39. The Morgan fingerprint density at radius 3 is 2.26 bits per heavy atom. The lowest BCUT2D eigenvalue weighted by Crippen LogP contribution is -2.38. The molecule has 2 heterocycles. The normalized spacial score (nSPS) is 24.0. The molecule has 2 N–H and O–H groups in total. The maximum Gasteiger partial charge on any atom is 0.307 e. The fourth-order valence-corrected chi connectivity index (χ4v) is 6.45. The van der Waals surface area contributed by atoms with Gasteiger partial charge < -0.3 is 15.3 Å². The summed E-state index contributed by atoms with van der Waals surface area (Å²) in [5.41, 5.74) is 3.92. The number of hydrogen-bond donors (Lipinski definition) is 2. The maximum absolute atomic E-state index is 13.5. The van der Waals surface area contributed by atoms with Crippen LogP contribution in [-0.2, 0) is 22.4 Å². The van der Waals surface area contributed by atoms with Gasteiger partial charge in [0.1, 0.15) is 5.00 Å². The average molecular weight is 445 g/mol. The molecule has 168 valence electrons. The molecule has 1 fully saturated rings. The van der Waals surface area contributed by atoms with Crippen LogP contribution in [0.1, 0.15) is 79.6 Å². The first-order valence-corrected chi connectivity index (χ1v) is 12.3. The first kappa shape index (κ1) is 22.1. The van der Waals surface area contributed by atoms with E-state index in [9.17, 15) is 19.5 Å². The minimum atomic E-state index is -0.929. The van der Waals surface area contributed by atoms with Crippen LogP contribution < -0.4 is 5.32 Å². The predicted octanol–water partition coefficient (Wildman–Crippen LogP) is 4.64. The van der Waals surface area contributed by atoms with Crippen molar-refractivity contribution in [2.45, 2.75) is 71.6 Å². The van der Waals surface area contributed by atoms with Gasteiger partial charge >= 0.3 is 5.97 Å². The number of rotatable bonds is 4. The summed E-state index contributed by atoms with van der Waals surface area (Å²) in [5.74, 6) is -2.51. The van der Waals surface area contributed by atoms with Crippen molar-refractivity contribution >= 4 is 34.1 Å². The summed E-state index contributed by atoms with van der Waals surface area (Å²) in [4.78, 5) is 41.7. The van der Waals surface area contributed by atoms with Crippen molar-refractivity contribution in [3.63, 3.8) is 0 Å². The van der Waals surface area contributed by atoms with Crippen LogP contribution in [0.5, 0.6) is 0 Å². The lowest BCUT2D eigenvalue weighted by Gasteiger charge is -2.30. The Bertz CT molecular complexity index is 926. The molecular formula is C24H32N2O4S. The van der Waals surface area contributed by atoms with Gasteiger partial charge in [0.25, 0.3) is 5.91 Å². The second-order valence-corrected chi connectivity index (χ2v) is 10.4. The van der Waals surface area contributed by atoms with Gasteiger partial charge in [0, 0.05) is 18.0 Å². The predicted molar refractivity (Wildman–Crippen MR) is 122 cm³/mol. The summed E-state index contributed by atoms with van der Waals surface area (Å²) in [5, 5.41) is 13.4. The van der Waals surface area contributed by atoms with Crippen LogP contribution in [0, 0.1) is 11.8 Å². The van der Waals surface area contributed by atoms with Crippen LogP contribution in [-0.4, -0.2) is 40.9 Å². The molecule has 1 aromatic rings. The van der Waals surface area contributed by atoms with Crippen LogP contribution in [0.25, 0.3) is 0 Å². The van der Waals surface area contributed by atoms with Crippen LogP contribution in [0.2, 0.25) is 0 Å². The Morgan fingerprint density at radius 2 is 1.58 bits per heavy atom. The largest absolute Gasteiger partial charge is 0.481 e. The molecule has 1 aliphatic heterocycles. The molecule has 0 unspecified atom stereocenters. The monoisotopic (exact) mass is 444 g/mol. The highest BCUT2D eigenvalue weighted by Gasteiger charge is 2.38. The highest BCUT2D eigenvalue weighted by Crippen LogP contribution is 2.41. The van der Waals surface area contributed by atoms with Crippen molar-refractivity contribution in [3.8, 4) is 0 Å². The van der Waals surface area contributed by atoms with E-state index < -0.39 is 17.8 Å². The first-order valence-electron chi connectivity index (χ1n) is 11.5. The highest BCUT2D eigenvalue weighted by molar-refractivity contribution is 7.17. The molecule has 0 aromatic carbocycles. The van der Waals surface area contributed by atoms with E-state index in [-0.39, 0.29) is 11.8 Å². The number of anilines is 1. The molecule has 0 spiro atoms. The van der Waals surface area contributed by atoms with Crippen molar-refractivity contribution < 1.29 is 19.5 Å². The number of nitrogens with one attached hydrogen (secondary N) is 1. The van der Waals surface area contributed by atoms with E-state index in [4.69, 9.17) is 0 Å². The van der Waals surface area contributed by atoms with E-state index in [0.717, 1.165) is 74.7 Å². The number of hydrogen-bond acceptors (Lipinski definition) is 4. The summed E-state index contributed by atoms with van der Waals surface area (Å²) in [7, 11) is 0. The number of aliphatic carboxylic acids is 1. The molecule has 2 atom stereocenters. The average Bonchev–Trinajstić information content (AvgIpc) is 3.12. The molecule has 0 saturated carbocycles. The standard InChI is InChI=1S/C24H32N2O4S/c1-14-12-17(18(24(29)30)13-15(14)2)21(27)25-22-20(16-8-4-5-9-19(16)31-22)23(28)26-10-6-3-7-11-26/h17-18H,3-13H2,1-2H3,(H,25,27)(H,29,30)/t17-,18+/m1/s1. The zero-order valence-corrected chi connectivity index (χ0v) is 19.3. The smallest absolute Gasteiger partial charge is 0.307 e. The molecular weight excluding hydrogens is 412 g/mol. The van der Waals surface area contributed by atoms with E-state index in [1.54, 1.807) is 0 Å². The van der Waals surface area contributed by atoms with Gasteiger partial charge in [-0.3, -0.25) is 14.4 Å². The Labute approximate surface area is 187 Å². The minimum absolute atomic E-state index is 0.0275. The number of carbonyl (C=O) groups excluding carboxylic acids is 2. The number of amides is 2. The number of carbonyl (C=O) groups is 3. The summed E-state index contributed by atoms with van der Waals surface area (Å²) in [6.45, 7) is 5.46. The van der Waals surface area contributed by atoms with E-state index in [0.29, 0.717) is 23.4 Å². The lowest BCUT2D eigenvalue weighted by molar-refractivity contribution is -0.146. The van der Waals surface area contributed by atoms with Gasteiger partial charge in [0.2, 0.25) is 5.91 Å². The second kappa shape index (κ2) is 9.15. The van der Waals surface area contributed by atoms with Crippen molar-refractivity contribution in [1.29, 1.82) is 0 Å². The molecule has 3 aliphatic rings. The molecule has 1 saturated heterocycles. The Morgan fingerprint density at radius 1 is 0.935 bits per heavy atom. The number of likely N-dealkylation sites (tertiary alicyclic amines) is 1.